The van der Waals surface area contributed by atoms with E-state index in [0.29, 0.717) is 23.9 Å². The van der Waals surface area contributed by atoms with E-state index in [9.17, 15) is 23.2 Å². The van der Waals surface area contributed by atoms with Crippen LogP contribution in [0.2, 0.25) is 0 Å². The molecule has 114 valence electrons. The summed E-state index contributed by atoms with van der Waals surface area (Å²) in [5.41, 5.74) is 0.892. The van der Waals surface area contributed by atoms with Crippen molar-refractivity contribution in [2.75, 3.05) is 32.9 Å². The number of phenols is 2. The van der Waals surface area contributed by atoms with Crippen molar-refractivity contribution in [1.29, 1.82) is 0 Å². The average molecular weight is 303 g/mol. The van der Waals surface area contributed by atoms with Crippen LogP contribution in [0, 0.1) is 0 Å². The topological polar surface area (TPSA) is 97.7 Å². The summed E-state index contributed by atoms with van der Waals surface area (Å²) in [7, 11) is -0.233. The van der Waals surface area contributed by atoms with Crippen LogP contribution in [0.1, 0.15) is 12.0 Å². The molecule has 7 heteroatoms. The van der Waals surface area contributed by atoms with Gasteiger partial charge in [0.1, 0.15) is 0 Å². The van der Waals surface area contributed by atoms with E-state index in [1.807, 2.05) is 14.1 Å². The minimum atomic E-state index is -4.14. The maximum atomic E-state index is 10.6. The first-order valence-electron chi connectivity index (χ1n) is 6.35. The number of rotatable bonds is 7. The number of aromatic hydroxyl groups is 2. The Morgan fingerprint density at radius 3 is 2.35 bits per heavy atom. The molecule has 0 spiro atoms. The summed E-state index contributed by atoms with van der Waals surface area (Å²) in [5.74, 6) is -0.636. The van der Waals surface area contributed by atoms with Gasteiger partial charge in [-0.2, -0.15) is 0 Å². The fourth-order valence-corrected chi connectivity index (χ4v) is 2.42. The predicted octanol–water partition coefficient (Wildman–Crippen LogP) is 0.652. The summed E-state index contributed by atoms with van der Waals surface area (Å²) >= 11 is 0. The zero-order valence-electron chi connectivity index (χ0n) is 11.7. The van der Waals surface area contributed by atoms with Crippen LogP contribution in [0.5, 0.6) is 11.5 Å². The summed E-state index contributed by atoms with van der Waals surface area (Å²) in [6, 6.07) is 4.68. The first-order valence-corrected chi connectivity index (χ1v) is 7.93. The van der Waals surface area contributed by atoms with Crippen LogP contribution in [-0.4, -0.2) is 60.6 Å². The third-order valence-corrected chi connectivity index (χ3v) is 3.99. The van der Waals surface area contributed by atoms with Crippen molar-refractivity contribution in [2.24, 2.45) is 0 Å². The van der Waals surface area contributed by atoms with Crippen LogP contribution < -0.4 is 0 Å². The minimum absolute atomic E-state index is 0.148. The van der Waals surface area contributed by atoms with E-state index >= 15 is 0 Å². The van der Waals surface area contributed by atoms with Crippen molar-refractivity contribution < 1.29 is 27.7 Å². The summed E-state index contributed by atoms with van der Waals surface area (Å²) in [5, 5.41) is 18.6. The number of quaternary nitrogens is 1. The van der Waals surface area contributed by atoms with Crippen molar-refractivity contribution in [3.63, 3.8) is 0 Å². The molecule has 1 aromatic carbocycles. The van der Waals surface area contributed by atoms with Gasteiger partial charge in [0.05, 0.1) is 37.3 Å². The molecule has 0 aliphatic heterocycles. The summed E-state index contributed by atoms with van der Waals surface area (Å²) in [6.45, 7) is 1.33. The summed E-state index contributed by atoms with van der Waals surface area (Å²) in [6.07, 6.45) is 1.02. The number of nitrogens with zero attached hydrogens (tertiary/aromatic N) is 1. The second-order valence-electron chi connectivity index (χ2n) is 5.57. The molecule has 0 aliphatic rings. The van der Waals surface area contributed by atoms with Crippen LogP contribution in [-0.2, 0) is 16.5 Å². The van der Waals surface area contributed by atoms with Crippen LogP contribution >= 0.6 is 0 Å². The van der Waals surface area contributed by atoms with Crippen molar-refractivity contribution in [3.8, 4) is 11.5 Å². The number of phenolic OH excluding ortho intramolecular Hbond substituents is 2. The largest absolute Gasteiger partial charge is 0.748 e. The quantitative estimate of drug-likeness (QED) is 0.438. The first kappa shape index (κ1) is 16.7. The molecule has 0 unspecified atom stereocenters. The van der Waals surface area contributed by atoms with Gasteiger partial charge in [-0.1, -0.05) is 6.07 Å². The molecule has 0 radical (unpaired) electrons. The maximum Gasteiger partial charge on any atom is 0.157 e. The third-order valence-electron chi connectivity index (χ3n) is 3.20. The molecular formula is C13H21NO5S. The lowest BCUT2D eigenvalue weighted by molar-refractivity contribution is -0.890. The molecule has 0 atom stereocenters. The third kappa shape index (κ3) is 6.23. The molecule has 0 amide bonds. The Balaban J connectivity index is 2.48. The smallest absolute Gasteiger partial charge is 0.157 e. The number of benzene rings is 1. The second kappa shape index (κ2) is 6.43. The second-order valence-corrected chi connectivity index (χ2v) is 7.09. The molecule has 0 saturated heterocycles. The van der Waals surface area contributed by atoms with Gasteiger partial charge in [0.25, 0.3) is 0 Å². The normalized spacial score (nSPS) is 12.6. The van der Waals surface area contributed by atoms with E-state index in [0.717, 1.165) is 12.1 Å². The Morgan fingerprint density at radius 1 is 1.15 bits per heavy atom. The van der Waals surface area contributed by atoms with Gasteiger partial charge in [0, 0.05) is 18.6 Å². The molecule has 0 aliphatic carbocycles. The standard InChI is InChI=1S/C13H21NO5S/c1-14(2,7-3-9-20(17,18)19)8-6-11-4-5-12(15)13(16)10-11/h4-5,10H,3,6-9H2,1-2H3,(H2-,15,16,17,18,19). The molecule has 2 N–H and O–H groups in total. The van der Waals surface area contributed by atoms with Crippen molar-refractivity contribution in [1.82, 2.24) is 0 Å². The van der Waals surface area contributed by atoms with E-state index < -0.39 is 10.1 Å². The van der Waals surface area contributed by atoms with Crippen LogP contribution in [0.4, 0.5) is 0 Å². The van der Waals surface area contributed by atoms with Gasteiger partial charge in [-0.25, -0.2) is 8.42 Å². The van der Waals surface area contributed by atoms with E-state index in [1.165, 1.54) is 12.1 Å². The monoisotopic (exact) mass is 303 g/mol. The Bertz CT molecular complexity index is 554. The summed E-state index contributed by atoms with van der Waals surface area (Å²) in [4.78, 5) is 0. The van der Waals surface area contributed by atoms with E-state index in [4.69, 9.17) is 0 Å². The van der Waals surface area contributed by atoms with Crippen molar-refractivity contribution in [2.45, 2.75) is 12.8 Å². The molecule has 0 heterocycles. The fraction of sp³-hybridized carbons (Fsp3) is 0.538. The van der Waals surface area contributed by atoms with Gasteiger partial charge < -0.3 is 19.2 Å². The lowest BCUT2D eigenvalue weighted by Crippen LogP contribution is -2.42. The molecule has 0 aromatic heterocycles. The van der Waals surface area contributed by atoms with Gasteiger partial charge in [-0.3, -0.25) is 0 Å². The molecule has 0 saturated carbocycles. The molecular weight excluding hydrogens is 282 g/mol. The van der Waals surface area contributed by atoms with Gasteiger partial charge in [0.15, 0.2) is 11.5 Å². The van der Waals surface area contributed by atoms with Gasteiger partial charge in [-0.05, 0) is 17.7 Å². The Morgan fingerprint density at radius 2 is 1.80 bits per heavy atom. The molecule has 20 heavy (non-hydrogen) atoms. The SMILES string of the molecule is C[N+](C)(CCCS(=O)(=O)[O-])CCc1ccc(O)c(O)c1. The van der Waals surface area contributed by atoms with Crippen LogP contribution in [0.25, 0.3) is 0 Å². The predicted molar refractivity (Wildman–Crippen MR) is 74.5 cm³/mol. The molecule has 1 aromatic rings. The Labute approximate surface area is 119 Å². The molecule has 6 nitrogen and oxygen atoms in total. The Kier molecular flexibility index (Phi) is 5.38. The van der Waals surface area contributed by atoms with Crippen LogP contribution in [0.15, 0.2) is 18.2 Å². The Hall–Kier alpha value is -1.31. The van der Waals surface area contributed by atoms with Gasteiger partial charge in [0.2, 0.25) is 0 Å². The van der Waals surface area contributed by atoms with Gasteiger partial charge in [-0.15, -0.1) is 0 Å². The maximum absolute atomic E-state index is 10.6. The first-order chi connectivity index (χ1) is 9.09. The average Bonchev–Trinajstić information content (AvgIpc) is 2.29. The number of hydrogen-bond acceptors (Lipinski definition) is 5. The number of hydrogen-bond donors (Lipinski definition) is 2. The van der Waals surface area contributed by atoms with Crippen molar-refractivity contribution in [3.05, 3.63) is 23.8 Å². The molecule has 1 rings (SSSR count). The zero-order valence-corrected chi connectivity index (χ0v) is 12.6. The van der Waals surface area contributed by atoms with E-state index in [2.05, 4.69) is 0 Å². The fourth-order valence-electron chi connectivity index (χ4n) is 1.94. The molecule has 0 bridgehead atoms. The van der Waals surface area contributed by atoms with E-state index in [1.54, 1.807) is 6.07 Å². The lowest BCUT2D eigenvalue weighted by Gasteiger charge is -2.30. The zero-order chi connectivity index (χ0) is 15.4. The van der Waals surface area contributed by atoms with Gasteiger partial charge >= 0.3 is 0 Å². The summed E-state index contributed by atoms with van der Waals surface area (Å²) < 4.78 is 32.2. The lowest BCUT2D eigenvalue weighted by atomic mass is 10.1. The van der Waals surface area contributed by atoms with E-state index in [-0.39, 0.29) is 17.3 Å². The highest BCUT2D eigenvalue weighted by atomic mass is 32.2. The molecule has 0 fully saturated rings. The highest BCUT2D eigenvalue weighted by Crippen LogP contribution is 2.25. The highest BCUT2D eigenvalue weighted by Gasteiger charge is 2.15. The highest BCUT2D eigenvalue weighted by molar-refractivity contribution is 7.85. The minimum Gasteiger partial charge on any atom is -0.748 e. The van der Waals surface area contributed by atoms with Crippen molar-refractivity contribution >= 4 is 10.1 Å². The van der Waals surface area contributed by atoms with Crippen LogP contribution in [0.3, 0.4) is 0 Å². The number of likely N-dealkylation sites (N-methyl/N-ethyl adjacent to an activating group) is 1.